The molecule has 0 fully saturated rings. The van der Waals surface area contributed by atoms with Crippen LogP contribution in [0.4, 0.5) is 0 Å². The lowest BCUT2D eigenvalue weighted by Gasteiger charge is -2.19. The molecule has 0 radical (unpaired) electrons. The summed E-state index contributed by atoms with van der Waals surface area (Å²) in [5.74, 6) is 1.62. The first-order valence-electron chi connectivity index (χ1n) is 11.8. The molecular formula is C28H32N4O2. The van der Waals surface area contributed by atoms with Crippen molar-refractivity contribution >= 4 is 16.9 Å². The Morgan fingerprint density at radius 1 is 0.971 bits per heavy atom. The summed E-state index contributed by atoms with van der Waals surface area (Å²) in [5, 5.41) is 2.98. The van der Waals surface area contributed by atoms with Gasteiger partial charge >= 0.3 is 0 Å². The predicted molar refractivity (Wildman–Crippen MR) is 135 cm³/mol. The van der Waals surface area contributed by atoms with Crippen molar-refractivity contribution in [2.45, 2.75) is 52.1 Å². The zero-order valence-corrected chi connectivity index (χ0v) is 20.1. The quantitative estimate of drug-likeness (QED) is 0.337. The molecule has 0 saturated carbocycles. The molecule has 0 spiro atoms. The highest BCUT2D eigenvalue weighted by molar-refractivity contribution is 5.93. The number of para-hydroxylation sites is 2. The SMILES string of the molecule is CC(C)(C)c1ccc(OCCCCn2c(CNC(=O)c3ccncc3)nc3ccccc32)cc1. The molecule has 0 saturated heterocycles. The van der Waals surface area contributed by atoms with Gasteiger partial charge in [-0.3, -0.25) is 9.78 Å². The van der Waals surface area contributed by atoms with Gasteiger partial charge in [-0.25, -0.2) is 4.98 Å². The lowest BCUT2D eigenvalue weighted by molar-refractivity contribution is 0.0949. The van der Waals surface area contributed by atoms with Gasteiger partial charge in [0, 0.05) is 24.5 Å². The van der Waals surface area contributed by atoms with Gasteiger partial charge in [0.25, 0.3) is 5.91 Å². The molecule has 2 heterocycles. The van der Waals surface area contributed by atoms with Crippen LogP contribution in [0.25, 0.3) is 11.0 Å². The number of pyridine rings is 1. The number of hydrogen-bond donors (Lipinski definition) is 1. The Kier molecular flexibility index (Phi) is 7.26. The minimum absolute atomic E-state index is 0.133. The van der Waals surface area contributed by atoms with Crippen LogP contribution in [-0.2, 0) is 18.5 Å². The molecule has 0 aliphatic heterocycles. The summed E-state index contributed by atoms with van der Waals surface area (Å²) in [6.45, 7) is 8.47. The van der Waals surface area contributed by atoms with E-state index in [4.69, 9.17) is 9.72 Å². The minimum atomic E-state index is -0.133. The third-order valence-corrected chi connectivity index (χ3v) is 5.85. The van der Waals surface area contributed by atoms with E-state index in [1.165, 1.54) is 5.56 Å². The number of imidazole rings is 1. The predicted octanol–water partition coefficient (Wildman–Crippen LogP) is 5.52. The Morgan fingerprint density at radius 3 is 2.44 bits per heavy atom. The number of fused-ring (bicyclic) bond motifs is 1. The van der Waals surface area contributed by atoms with Gasteiger partial charge in [0.2, 0.25) is 0 Å². The van der Waals surface area contributed by atoms with E-state index >= 15 is 0 Å². The maximum absolute atomic E-state index is 12.5. The van der Waals surface area contributed by atoms with Gasteiger partial charge in [0.15, 0.2) is 0 Å². The van der Waals surface area contributed by atoms with Crippen LogP contribution in [0, 0.1) is 0 Å². The topological polar surface area (TPSA) is 69.0 Å². The first kappa shape index (κ1) is 23.5. The summed E-state index contributed by atoms with van der Waals surface area (Å²) >= 11 is 0. The molecular weight excluding hydrogens is 424 g/mol. The molecule has 0 atom stereocenters. The molecule has 1 amide bonds. The lowest BCUT2D eigenvalue weighted by atomic mass is 9.87. The molecule has 1 N–H and O–H groups in total. The second kappa shape index (κ2) is 10.5. The van der Waals surface area contributed by atoms with Crippen molar-refractivity contribution in [3.63, 3.8) is 0 Å². The zero-order chi connectivity index (χ0) is 24.0. The molecule has 0 unspecified atom stereocenters. The number of aryl methyl sites for hydroxylation is 1. The second-order valence-corrected chi connectivity index (χ2v) is 9.42. The summed E-state index contributed by atoms with van der Waals surface area (Å²) < 4.78 is 8.15. The van der Waals surface area contributed by atoms with Crippen LogP contribution in [0.15, 0.2) is 73.1 Å². The fourth-order valence-electron chi connectivity index (χ4n) is 3.89. The average molecular weight is 457 g/mol. The number of hydrogen-bond acceptors (Lipinski definition) is 4. The van der Waals surface area contributed by atoms with Crippen LogP contribution in [0.5, 0.6) is 5.75 Å². The Morgan fingerprint density at radius 2 is 1.71 bits per heavy atom. The molecule has 0 aliphatic carbocycles. The fraction of sp³-hybridized carbons (Fsp3) is 0.321. The number of benzene rings is 2. The Hall–Kier alpha value is -3.67. The molecule has 6 heteroatoms. The van der Waals surface area contributed by atoms with Crippen molar-refractivity contribution in [2.75, 3.05) is 6.61 Å². The highest BCUT2D eigenvalue weighted by atomic mass is 16.5. The maximum atomic E-state index is 12.5. The van der Waals surface area contributed by atoms with Gasteiger partial charge in [0.05, 0.1) is 24.2 Å². The van der Waals surface area contributed by atoms with Gasteiger partial charge in [-0.05, 0) is 60.2 Å². The first-order chi connectivity index (χ1) is 16.4. The summed E-state index contributed by atoms with van der Waals surface area (Å²) in [4.78, 5) is 21.2. The summed E-state index contributed by atoms with van der Waals surface area (Å²) in [7, 11) is 0. The highest BCUT2D eigenvalue weighted by Crippen LogP contribution is 2.24. The van der Waals surface area contributed by atoms with Crippen molar-refractivity contribution in [1.82, 2.24) is 19.9 Å². The van der Waals surface area contributed by atoms with E-state index in [2.05, 4.69) is 53.8 Å². The van der Waals surface area contributed by atoms with Gasteiger partial charge in [-0.15, -0.1) is 0 Å². The molecule has 6 nitrogen and oxygen atoms in total. The van der Waals surface area contributed by atoms with Crippen molar-refractivity contribution in [3.05, 3.63) is 90.0 Å². The average Bonchev–Trinajstić information content (AvgIpc) is 3.20. The number of carbonyl (C=O) groups excluding carboxylic acids is 1. The third kappa shape index (κ3) is 5.81. The number of ether oxygens (including phenoxy) is 1. The number of nitrogens with one attached hydrogen (secondary N) is 1. The molecule has 0 bridgehead atoms. The van der Waals surface area contributed by atoms with Crippen LogP contribution in [0.2, 0.25) is 0 Å². The highest BCUT2D eigenvalue weighted by Gasteiger charge is 2.14. The van der Waals surface area contributed by atoms with Crippen molar-refractivity contribution in [3.8, 4) is 5.75 Å². The van der Waals surface area contributed by atoms with E-state index in [0.717, 1.165) is 42.0 Å². The number of carbonyl (C=O) groups is 1. The second-order valence-electron chi connectivity index (χ2n) is 9.42. The largest absolute Gasteiger partial charge is 0.494 e. The van der Waals surface area contributed by atoms with Crippen LogP contribution >= 0.6 is 0 Å². The monoisotopic (exact) mass is 456 g/mol. The Bertz CT molecular complexity index is 1220. The third-order valence-electron chi connectivity index (χ3n) is 5.85. The number of aromatic nitrogens is 3. The fourth-order valence-corrected chi connectivity index (χ4v) is 3.89. The Labute approximate surface area is 201 Å². The lowest BCUT2D eigenvalue weighted by Crippen LogP contribution is -2.24. The van der Waals surface area contributed by atoms with E-state index in [1.54, 1.807) is 24.5 Å². The number of unbranched alkanes of at least 4 members (excludes halogenated alkanes) is 1. The van der Waals surface area contributed by atoms with E-state index in [-0.39, 0.29) is 11.3 Å². The molecule has 4 rings (SSSR count). The normalized spacial score (nSPS) is 11.5. The molecule has 0 aliphatic rings. The maximum Gasteiger partial charge on any atom is 0.251 e. The summed E-state index contributed by atoms with van der Waals surface area (Å²) in [5.41, 5.74) is 4.04. The smallest absolute Gasteiger partial charge is 0.251 e. The number of rotatable bonds is 9. The van der Waals surface area contributed by atoms with Crippen LogP contribution in [-0.4, -0.2) is 27.0 Å². The standard InChI is InChI=1S/C28H32N4O2/c1-28(2,3)22-10-12-23(13-11-22)34-19-7-6-18-32-25-9-5-4-8-24(25)31-26(32)20-30-27(33)21-14-16-29-17-15-21/h4-5,8-17H,6-7,18-20H2,1-3H3,(H,30,33). The van der Waals surface area contributed by atoms with Crippen LogP contribution in [0.1, 0.15) is 55.4 Å². The molecule has 4 aromatic rings. The molecule has 34 heavy (non-hydrogen) atoms. The van der Waals surface area contributed by atoms with Crippen LogP contribution < -0.4 is 10.1 Å². The minimum Gasteiger partial charge on any atom is -0.494 e. The van der Waals surface area contributed by atoms with Gasteiger partial charge in [-0.2, -0.15) is 0 Å². The summed E-state index contributed by atoms with van der Waals surface area (Å²) in [6, 6.07) is 19.9. The van der Waals surface area contributed by atoms with Crippen molar-refractivity contribution in [1.29, 1.82) is 0 Å². The van der Waals surface area contributed by atoms with Gasteiger partial charge < -0.3 is 14.6 Å². The number of nitrogens with zero attached hydrogens (tertiary/aromatic N) is 3. The Balaban J connectivity index is 1.33. The summed E-state index contributed by atoms with van der Waals surface area (Å²) in [6.07, 6.45) is 5.11. The van der Waals surface area contributed by atoms with Gasteiger partial charge in [-0.1, -0.05) is 45.0 Å². The molecule has 176 valence electrons. The van der Waals surface area contributed by atoms with Crippen LogP contribution in [0.3, 0.4) is 0 Å². The van der Waals surface area contributed by atoms with Crippen molar-refractivity contribution in [2.24, 2.45) is 0 Å². The number of amides is 1. The van der Waals surface area contributed by atoms with E-state index in [9.17, 15) is 4.79 Å². The van der Waals surface area contributed by atoms with E-state index in [0.29, 0.717) is 18.7 Å². The van der Waals surface area contributed by atoms with E-state index in [1.807, 2.05) is 30.3 Å². The zero-order valence-electron chi connectivity index (χ0n) is 20.1. The van der Waals surface area contributed by atoms with Crippen molar-refractivity contribution < 1.29 is 9.53 Å². The van der Waals surface area contributed by atoms with E-state index < -0.39 is 0 Å². The first-order valence-corrected chi connectivity index (χ1v) is 11.8. The van der Waals surface area contributed by atoms with Gasteiger partial charge in [0.1, 0.15) is 11.6 Å². The molecule has 2 aromatic heterocycles. The molecule has 2 aromatic carbocycles.